The molecule has 1 atom stereocenters. The van der Waals surface area contributed by atoms with E-state index in [9.17, 15) is 18.7 Å². The molecule has 2 amide bonds. The lowest BCUT2D eigenvalue weighted by Gasteiger charge is -2.21. The minimum atomic E-state index is -1.10. The third-order valence-electron chi connectivity index (χ3n) is 4.30. The molecule has 138 valence electrons. The van der Waals surface area contributed by atoms with E-state index in [1.54, 1.807) is 0 Å². The Morgan fingerprint density at radius 3 is 2.73 bits per heavy atom. The van der Waals surface area contributed by atoms with E-state index in [1.165, 1.54) is 35.4 Å². The molecule has 1 aliphatic rings. The van der Waals surface area contributed by atoms with Gasteiger partial charge in [0, 0.05) is 24.6 Å². The van der Waals surface area contributed by atoms with Crippen molar-refractivity contribution in [2.75, 3.05) is 18.4 Å². The summed E-state index contributed by atoms with van der Waals surface area (Å²) in [7, 11) is 0. The van der Waals surface area contributed by atoms with Gasteiger partial charge in [-0.2, -0.15) is 4.39 Å². The number of hydrogen-bond acceptors (Lipinski definition) is 4. The van der Waals surface area contributed by atoms with Gasteiger partial charge >= 0.3 is 6.03 Å². The van der Waals surface area contributed by atoms with Gasteiger partial charge in [0.1, 0.15) is 0 Å². The van der Waals surface area contributed by atoms with E-state index in [-0.39, 0.29) is 29.6 Å². The topological polar surface area (TPSA) is 74.7 Å². The van der Waals surface area contributed by atoms with Crippen LogP contribution >= 0.6 is 0 Å². The van der Waals surface area contributed by atoms with Crippen LogP contribution in [-0.4, -0.2) is 40.2 Å². The molecule has 1 aromatic heterocycles. The molecule has 1 saturated heterocycles. The number of hydrogen-bond donors (Lipinski definition) is 2. The zero-order chi connectivity index (χ0) is 18.9. The second kappa shape index (κ2) is 6.87. The summed E-state index contributed by atoms with van der Waals surface area (Å²) in [6.07, 6.45) is 0.769. The van der Waals surface area contributed by atoms with Gasteiger partial charge in [0.2, 0.25) is 11.7 Å². The van der Waals surface area contributed by atoms with E-state index in [0.29, 0.717) is 12.2 Å². The summed E-state index contributed by atoms with van der Waals surface area (Å²) in [5, 5.41) is 12.6. The quantitative estimate of drug-likeness (QED) is 0.877. The highest BCUT2D eigenvalue weighted by molar-refractivity contribution is 5.89. The Balaban J connectivity index is 1.63. The fraction of sp³-hybridized carbons (Fsp3) is 0.333. The highest BCUT2D eigenvalue weighted by atomic mass is 19.2. The number of rotatable bonds is 3. The molecule has 26 heavy (non-hydrogen) atoms. The van der Waals surface area contributed by atoms with Crippen molar-refractivity contribution in [2.24, 2.45) is 5.41 Å². The minimum Gasteiger partial charge on any atom is -0.436 e. The number of aliphatic hydroxyl groups is 1. The zero-order valence-electron chi connectivity index (χ0n) is 14.4. The summed E-state index contributed by atoms with van der Waals surface area (Å²) in [5.41, 5.74) is 0.0590. The van der Waals surface area contributed by atoms with Gasteiger partial charge in [0.05, 0.1) is 18.0 Å². The number of amides is 2. The van der Waals surface area contributed by atoms with Gasteiger partial charge in [0.25, 0.3) is 0 Å². The molecular formula is C18H19F2N3O3. The molecule has 0 saturated carbocycles. The monoisotopic (exact) mass is 363 g/mol. The largest absolute Gasteiger partial charge is 0.436 e. The maximum atomic E-state index is 13.6. The van der Waals surface area contributed by atoms with Crippen LogP contribution in [0.1, 0.15) is 13.8 Å². The number of carbonyl (C=O) groups is 1. The number of nitrogens with zero attached hydrogens (tertiary/aromatic N) is 2. The van der Waals surface area contributed by atoms with Gasteiger partial charge in [-0.3, -0.25) is 0 Å². The van der Waals surface area contributed by atoms with E-state index in [4.69, 9.17) is 4.74 Å². The average Bonchev–Trinajstić information content (AvgIpc) is 2.87. The predicted molar refractivity (Wildman–Crippen MR) is 91.0 cm³/mol. The molecular weight excluding hydrogens is 344 g/mol. The third-order valence-corrected chi connectivity index (χ3v) is 4.30. The van der Waals surface area contributed by atoms with Gasteiger partial charge in [-0.15, -0.1) is 0 Å². The van der Waals surface area contributed by atoms with Crippen molar-refractivity contribution in [3.8, 4) is 11.6 Å². The number of urea groups is 1. The first kappa shape index (κ1) is 18.1. The molecule has 1 unspecified atom stereocenters. The van der Waals surface area contributed by atoms with Crippen LogP contribution in [0.4, 0.5) is 19.3 Å². The Morgan fingerprint density at radius 1 is 1.35 bits per heavy atom. The molecule has 2 aromatic rings. The van der Waals surface area contributed by atoms with Gasteiger partial charge in [-0.25, -0.2) is 14.2 Å². The lowest BCUT2D eigenvalue weighted by atomic mass is 9.90. The number of ether oxygens (including phenoxy) is 1. The Morgan fingerprint density at radius 2 is 2.12 bits per heavy atom. The van der Waals surface area contributed by atoms with Crippen LogP contribution in [0.5, 0.6) is 11.6 Å². The van der Waals surface area contributed by atoms with E-state index >= 15 is 0 Å². The Kier molecular flexibility index (Phi) is 4.78. The van der Waals surface area contributed by atoms with Crippen molar-refractivity contribution < 1.29 is 23.4 Å². The van der Waals surface area contributed by atoms with Crippen molar-refractivity contribution >= 4 is 11.7 Å². The number of carbonyl (C=O) groups excluding carboxylic acids is 1. The number of aromatic nitrogens is 1. The number of aliphatic hydroxyl groups excluding tert-OH is 1. The number of nitrogens with one attached hydrogen (secondary N) is 1. The standard InChI is InChI=1S/C18H19F2N3O3/c1-18(2)10-23(9-14(18)24)17(25)22-11-6-7-15(21-8-11)26-13-5-3-4-12(19)16(13)20/h3-8,14,24H,9-10H2,1-2H3,(H,22,25). The van der Waals surface area contributed by atoms with Crippen molar-refractivity contribution in [3.63, 3.8) is 0 Å². The molecule has 0 bridgehead atoms. The summed E-state index contributed by atoms with van der Waals surface area (Å²) in [6, 6.07) is 6.23. The van der Waals surface area contributed by atoms with Gasteiger partial charge in [-0.1, -0.05) is 19.9 Å². The zero-order valence-corrected chi connectivity index (χ0v) is 14.4. The Hall–Kier alpha value is -2.74. The first-order valence-electron chi connectivity index (χ1n) is 8.08. The molecule has 8 heteroatoms. The van der Waals surface area contributed by atoms with Crippen LogP contribution < -0.4 is 10.1 Å². The highest BCUT2D eigenvalue weighted by Gasteiger charge is 2.40. The maximum absolute atomic E-state index is 13.6. The number of β-amino-alcohol motifs (C(OH)–C–C–N with tert-alkyl or cyclic N) is 1. The number of benzene rings is 1. The van der Waals surface area contributed by atoms with Gasteiger partial charge in [0.15, 0.2) is 11.6 Å². The van der Waals surface area contributed by atoms with E-state index in [1.807, 2.05) is 13.8 Å². The van der Waals surface area contributed by atoms with Crippen LogP contribution in [0.15, 0.2) is 36.5 Å². The summed E-state index contributed by atoms with van der Waals surface area (Å²) in [5.74, 6) is -2.32. The SMILES string of the molecule is CC1(C)CN(C(=O)Nc2ccc(Oc3cccc(F)c3F)nc2)CC1O. The summed E-state index contributed by atoms with van der Waals surface area (Å²) < 4.78 is 32.0. The first-order chi connectivity index (χ1) is 12.3. The Labute approximate surface area is 149 Å². The summed E-state index contributed by atoms with van der Waals surface area (Å²) >= 11 is 0. The molecule has 1 aromatic carbocycles. The molecule has 0 radical (unpaired) electrons. The lowest BCUT2D eigenvalue weighted by molar-refractivity contribution is 0.0957. The number of halogens is 2. The highest BCUT2D eigenvalue weighted by Crippen LogP contribution is 2.30. The maximum Gasteiger partial charge on any atom is 0.321 e. The minimum absolute atomic E-state index is 0.0604. The third kappa shape index (κ3) is 3.75. The summed E-state index contributed by atoms with van der Waals surface area (Å²) in [6.45, 7) is 4.48. The van der Waals surface area contributed by atoms with E-state index < -0.39 is 17.7 Å². The molecule has 0 aliphatic carbocycles. The second-order valence-corrected chi connectivity index (χ2v) is 6.85. The lowest BCUT2D eigenvalue weighted by Crippen LogP contribution is -2.34. The average molecular weight is 363 g/mol. The van der Waals surface area contributed by atoms with Crippen LogP contribution in [0.3, 0.4) is 0 Å². The van der Waals surface area contributed by atoms with Gasteiger partial charge < -0.3 is 20.1 Å². The van der Waals surface area contributed by atoms with Crippen LogP contribution in [-0.2, 0) is 0 Å². The molecule has 6 nitrogen and oxygen atoms in total. The van der Waals surface area contributed by atoms with Crippen LogP contribution in [0.25, 0.3) is 0 Å². The number of pyridine rings is 1. The number of anilines is 1. The van der Waals surface area contributed by atoms with Crippen molar-refractivity contribution in [2.45, 2.75) is 20.0 Å². The van der Waals surface area contributed by atoms with Gasteiger partial charge in [-0.05, 0) is 18.2 Å². The Bertz CT molecular complexity index is 812. The molecule has 1 aliphatic heterocycles. The van der Waals surface area contributed by atoms with Crippen molar-refractivity contribution in [3.05, 3.63) is 48.2 Å². The van der Waals surface area contributed by atoms with Crippen LogP contribution in [0.2, 0.25) is 0 Å². The molecule has 2 N–H and O–H groups in total. The first-order valence-corrected chi connectivity index (χ1v) is 8.08. The molecule has 1 fully saturated rings. The predicted octanol–water partition coefficient (Wildman–Crippen LogP) is 3.39. The van der Waals surface area contributed by atoms with E-state index in [2.05, 4.69) is 10.3 Å². The number of likely N-dealkylation sites (tertiary alicyclic amines) is 1. The fourth-order valence-corrected chi connectivity index (χ4v) is 2.67. The normalized spacial score (nSPS) is 18.7. The fourth-order valence-electron chi connectivity index (χ4n) is 2.67. The van der Waals surface area contributed by atoms with Crippen LogP contribution in [0, 0.1) is 17.0 Å². The molecule has 3 rings (SSSR count). The van der Waals surface area contributed by atoms with E-state index in [0.717, 1.165) is 6.07 Å². The van der Waals surface area contributed by atoms with Crippen molar-refractivity contribution in [1.29, 1.82) is 0 Å². The smallest absolute Gasteiger partial charge is 0.321 e. The molecule has 0 spiro atoms. The van der Waals surface area contributed by atoms with Crippen molar-refractivity contribution in [1.82, 2.24) is 9.88 Å². The second-order valence-electron chi connectivity index (χ2n) is 6.85. The molecule has 2 heterocycles. The summed E-state index contributed by atoms with van der Waals surface area (Å²) in [4.78, 5) is 17.8.